The summed E-state index contributed by atoms with van der Waals surface area (Å²) in [5.41, 5.74) is 18.8. The Kier molecular flexibility index (Phi) is 10.9. The zero-order valence-electron chi connectivity index (χ0n) is 30.0. The third-order valence-electron chi connectivity index (χ3n) is 9.60. The Bertz CT molecular complexity index is 2070. The van der Waals surface area contributed by atoms with E-state index in [4.69, 9.17) is 11.5 Å². The normalized spacial score (nSPS) is 16.4. The molecule has 2 aliphatic rings. The molecule has 1 aromatic heterocycles. The van der Waals surface area contributed by atoms with Crippen molar-refractivity contribution >= 4 is 35.2 Å². The number of carbonyl (C=O) groups excluding carboxylic acids is 5. The second-order valence-electron chi connectivity index (χ2n) is 13.8. The van der Waals surface area contributed by atoms with Gasteiger partial charge in [0.25, 0.3) is 5.91 Å². The van der Waals surface area contributed by atoms with Crippen LogP contribution in [0, 0.1) is 20.8 Å². The van der Waals surface area contributed by atoms with Crippen LogP contribution in [0.25, 0.3) is 22.5 Å². The van der Waals surface area contributed by atoms with Crippen molar-refractivity contribution in [2.45, 2.75) is 70.9 Å². The van der Waals surface area contributed by atoms with Gasteiger partial charge in [-0.2, -0.15) is 0 Å². The number of nitrogens with one attached hydrogen (secondary N) is 4. The van der Waals surface area contributed by atoms with Crippen molar-refractivity contribution in [1.29, 1.82) is 0 Å². The SMILES string of the molecule is Cc1cc2cc(c1NC(=O)[C@H](CCN)NC(=O)c1c(C)nc(-c3ccc(C4CC4)cc3)nc1C)-c1cccc(c1)CC(=O)NCC(=O)NC(C(N)=O)C2. The number of fused-ring (bicyclic) bond motifs is 5. The third kappa shape index (κ3) is 8.75. The minimum Gasteiger partial charge on any atom is -0.368 e. The Labute approximate surface area is 307 Å². The van der Waals surface area contributed by atoms with E-state index in [1.54, 1.807) is 32.0 Å². The molecule has 1 fully saturated rings. The predicted molar refractivity (Wildman–Crippen MR) is 201 cm³/mol. The summed E-state index contributed by atoms with van der Waals surface area (Å²) in [6, 6.07) is 17.1. The second-order valence-corrected chi connectivity index (χ2v) is 13.8. The summed E-state index contributed by atoms with van der Waals surface area (Å²) in [4.78, 5) is 74.6. The number of anilines is 1. The lowest BCUT2D eigenvalue weighted by Gasteiger charge is -2.23. The summed E-state index contributed by atoms with van der Waals surface area (Å²) in [7, 11) is 0. The molecule has 0 saturated heterocycles. The molecule has 8 N–H and O–H groups in total. The van der Waals surface area contributed by atoms with Gasteiger partial charge in [0.2, 0.25) is 23.6 Å². The molecule has 3 aromatic carbocycles. The molecule has 5 amide bonds. The molecular weight excluding hydrogens is 672 g/mol. The van der Waals surface area contributed by atoms with Crippen LogP contribution in [0.15, 0.2) is 60.7 Å². The van der Waals surface area contributed by atoms with Crippen molar-refractivity contribution in [1.82, 2.24) is 25.9 Å². The number of hydrogen-bond donors (Lipinski definition) is 6. The van der Waals surface area contributed by atoms with E-state index in [2.05, 4.69) is 43.4 Å². The lowest BCUT2D eigenvalue weighted by Crippen LogP contribution is -2.49. The van der Waals surface area contributed by atoms with Crippen molar-refractivity contribution in [3.63, 3.8) is 0 Å². The highest BCUT2D eigenvalue weighted by Crippen LogP contribution is 2.40. The van der Waals surface area contributed by atoms with Crippen LogP contribution in [-0.2, 0) is 32.0 Å². The lowest BCUT2D eigenvalue weighted by atomic mass is 9.93. The standard InChI is InChI=1S/C40H44N8O5/c1-21-15-25-17-30(29-6-4-5-24(16-29)19-33(49)43-20-34(50)46-32(18-25)37(42)51)36(21)48-39(52)31(13-14-41)47-40(53)35-22(2)44-38(45-23(35)3)28-11-9-27(10-12-28)26-7-8-26/h4-6,9-12,15-17,26,31-32H,7-8,13-14,18-20,41H2,1-3H3,(H2,42,51)(H,43,49)(H,46,50)(H,47,53)(H,48,52)/t31-,32?/m0/s1. The summed E-state index contributed by atoms with van der Waals surface area (Å²) in [6.07, 6.45) is 2.66. The van der Waals surface area contributed by atoms with E-state index in [0.717, 1.165) is 5.56 Å². The summed E-state index contributed by atoms with van der Waals surface area (Å²) >= 11 is 0. The van der Waals surface area contributed by atoms with Crippen LogP contribution in [0.5, 0.6) is 0 Å². The minimum absolute atomic E-state index is 0.00155. The maximum absolute atomic E-state index is 14.0. The topological polar surface area (TPSA) is 211 Å². The van der Waals surface area contributed by atoms with Gasteiger partial charge in [0.05, 0.1) is 35.6 Å². The summed E-state index contributed by atoms with van der Waals surface area (Å²) in [5, 5.41) is 11.1. The van der Waals surface area contributed by atoms with Gasteiger partial charge in [-0.1, -0.05) is 54.6 Å². The van der Waals surface area contributed by atoms with Crippen LogP contribution >= 0.6 is 0 Å². The monoisotopic (exact) mass is 716 g/mol. The Morgan fingerprint density at radius 1 is 0.906 bits per heavy atom. The quantitative estimate of drug-likeness (QED) is 0.151. The van der Waals surface area contributed by atoms with E-state index in [9.17, 15) is 24.0 Å². The maximum Gasteiger partial charge on any atom is 0.255 e. The molecule has 1 aliphatic heterocycles. The average molecular weight is 717 g/mol. The van der Waals surface area contributed by atoms with Gasteiger partial charge in [0.1, 0.15) is 12.1 Å². The minimum atomic E-state index is -1.04. The molecule has 274 valence electrons. The number of aromatic nitrogens is 2. The molecule has 0 radical (unpaired) electrons. The fraction of sp³-hybridized carbons (Fsp3) is 0.325. The highest BCUT2D eigenvalue weighted by atomic mass is 16.2. The Morgan fingerprint density at radius 3 is 2.28 bits per heavy atom. The van der Waals surface area contributed by atoms with Gasteiger partial charge >= 0.3 is 0 Å². The largest absolute Gasteiger partial charge is 0.368 e. The van der Waals surface area contributed by atoms with Crippen molar-refractivity contribution < 1.29 is 24.0 Å². The zero-order chi connectivity index (χ0) is 37.8. The molecule has 4 bridgehead atoms. The van der Waals surface area contributed by atoms with Crippen LogP contribution in [0.4, 0.5) is 5.69 Å². The molecule has 2 atom stereocenters. The molecule has 1 saturated carbocycles. The van der Waals surface area contributed by atoms with Crippen LogP contribution in [-0.4, -0.2) is 64.7 Å². The predicted octanol–water partition coefficient (Wildman–Crippen LogP) is 2.88. The van der Waals surface area contributed by atoms with Crippen LogP contribution < -0.4 is 32.7 Å². The van der Waals surface area contributed by atoms with E-state index in [-0.39, 0.29) is 43.8 Å². The number of amides is 5. The molecule has 4 aromatic rings. The molecule has 13 heteroatoms. The molecule has 1 unspecified atom stereocenters. The molecule has 6 rings (SSSR count). The Hall–Kier alpha value is -5.95. The average Bonchev–Trinajstić information content (AvgIpc) is 3.97. The first-order valence-electron chi connectivity index (χ1n) is 17.8. The van der Waals surface area contributed by atoms with Gasteiger partial charge in [-0.15, -0.1) is 0 Å². The number of hydrogen-bond acceptors (Lipinski definition) is 8. The zero-order valence-corrected chi connectivity index (χ0v) is 30.0. The van der Waals surface area contributed by atoms with Gasteiger partial charge in [-0.25, -0.2) is 9.97 Å². The fourth-order valence-electron chi connectivity index (χ4n) is 6.72. The first-order valence-corrected chi connectivity index (χ1v) is 17.8. The summed E-state index contributed by atoms with van der Waals surface area (Å²) in [6.45, 7) is 5.12. The van der Waals surface area contributed by atoms with Gasteiger partial charge in [0, 0.05) is 17.5 Å². The second kappa shape index (κ2) is 15.7. The maximum atomic E-state index is 14.0. The molecule has 53 heavy (non-hydrogen) atoms. The molecular formula is C40H44N8O5. The highest BCUT2D eigenvalue weighted by molar-refractivity contribution is 6.04. The summed E-state index contributed by atoms with van der Waals surface area (Å²) < 4.78 is 0. The smallest absolute Gasteiger partial charge is 0.255 e. The van der Waals surface area contributed by atoms with E-state index >= 15 is 0 Å². The number of nitrogens with zero attached hydrogens (tertiary/aromatic N) is 2. The third-order valence-corrected chi connectivity index (χ3v) is 9.60. The first kappa shape index (κ1) is 36.8. The van der Waals surface area contributed by atoms with E-state index < -0.39 is 35.7 Å². The van der Waals surface area contributed by atoms with Crippen molar-refractivity contribution in [2.75, 3.05) is 18.4 Å². The first-order chi connectivity index (χ1) is 25.4. The number of primary amides is 1. The number of rotatable bonds is 9. The molecule has 13 nitrogen and oxygen atoms in total. The van der Waals surface area contributed by atoms with Crippen LogP contribution in [0.3, 0.4) is 0 Å². The van der Waals surface area contributed by atoms with E-state index in [1.165, 1.54) is 18.4 Å². The number of aryl methyl sites for hydroxylation is 3. The van der Waals surface area contributed by atoms with Gasteiger partial charge in [0.15, 0.2) is 5.82 Å². The van der Waals surface area contributed by atoms with Gasteiger partial charge < -0.3 is 32.7 Å². The van der Waals surface area contributed by atoms with E-state index in [1.807, 2.05) is 37.3 Å². The highest BCUT2D eigenvalue weighted by Gasteiger charge is 2.27. The lowest BCUT2D eigenvalue weighted by molar-refractivity contribution is -0.128. The van der Waals surface area contributed by atoms with Crippen molar-refractivity contribution in [3.8, 4) is 22.5 Å². The van der Waals surface area contributed by atoms with Crippen LogP contribution in [0.1, 0.15) is 69.2 Å². The van der Waals surface area contributed by atoms with Crippen molar-refractivity contribution in [2.24, 2.45) is 11.5 Å². The molecule has 2 heterocycles. The van der Waals surface area contributed by atoms with Crippen LogP contribution in [0.2, 0.25) is 0 Å². The van der Waals surface area contributed by atoms with Crippen molar-refractivity contribution in [3.05, 3.63) is 99.9 Å². The summed E-state index contributed by atoms with van der Waals surface area (Å²) in [5.74, 6) is -1.49. The van der Waals surface area contributed by atoms with Gasteiger partial charge in [-0.05, 0) is 86.4 Å². The molecule has 1 aliphatic carbocycles. The number of benzene rings is 3. The Balaban J connectivity index is 1.28. The number of carbonyl (C=O) groups is 5. The fourth-order valence-corrected chi connectivity index (χ4v) is 6.72. The number of nitrogens with two attached hydrogens (primary N) is 2. The molecule has 0 spiro atoms. The Morgan fingerprint density at radius 2 is 1.62 bits per heavy atom. The van der Waals surface area contributed by atoms with E-state index in [0.29, 0.717) is 56.6 Å². The van der Waals surface area contributed by atoms with Gasteiger partial charge in [-0.3, -0.25) is 24.0 Å².